The van der Waals surface area contributed by atoms with E-state index in [1.54, 1.807) is 11.3 Å². The first kappa shape index (κ1) is 11.4. The number of aliphatic hydroxyl groups excluding tert-OH is 1. The predicted molar refractivity (Wildman–Crippen MR) is 67.0 cm³/mol. The van der Waals surface area contributed by atoms with Gasteiger partial charge in [-0.25, -0.2) is 0 Å². The Bertz CT molecular complexity index is 383. The molecule has 2 bridgehead atoms. The standard InChI is InChI=1S/C11H18N4OS/c1-12-11-14-13-10(17-11)6-15-7-2-3-8(15)5-9(16)4-7/h7-9,16H,2-6H2,1H3,(H,12,14). The smallest absolute Gasteiger partial charge is 0.205 e. The maximum absolute atomic E-state index is 9.75. The molecule has 0 saturated carbocycles. The molecule has 0 radical (unpaired) electrons. The number of aromatic nitrogens is 2. The molecule has 1 aromatic heterocycles. The second-order valence-corrected chi connectivity index (χ2v) is 6.00. The second kappa shape index (κ2) is 4.51. The van der Waals surface area contributed by atoms with Crippen molar-refractivity contribution in [2.45, 2.75) is 50.4 Å². The van der Waals surface area contributed by atoms with Gasteiger partial charge in [0.1, 0.15) is 5.01 Å². The Labute approximate surface area is 105 Å². The first-order chi connectivity index (χ1) is 8.26. The molecule has 0 amide bonds. The maximum atomic E-state index is 9.75. The topological polar surface area (TPSA) is 61.3 Å². The first-order valence-electron chi connectivity index (χ1n) is 6.20. The Kier molecular flexibility index (Phi) is 3.02. The summed E-state index contributed by atoms with van der Waals surface area (Å²) in [7, 11) is 1.87. The number of rotatable bonds is 3. The summed E-state index contributed by atoms with van der Waals surface area (Å²) in [5.41, 5.74) is 0. The van der Waals surface area contributed by atoms with Gasteiger partial charge in [-0.15, -0.1) is 10.2 Å². The fourth-order valence-electron chi connectivity index (χ4n) is 3.08. The molecule has 2 unspecified atom stereocenters. The van der Waals surface area contributed by atoms with Gasteiger partial charge in [-0.2, -0.15) is 0 Å². The van der Waals surface area contributed by atoms with E-state index < -0.39 is 0 Å². The van der Waals surface area contributed by atoms with Crippen LogP contribution in [0.1, 0.15) is 30.7 Å². The lowest BCUT2D eigenvalue weighted by molar-refractivity contribution is 0.0309. The zero-order valence-corrected chi connectivity index (χ0v) is 10.8. The van der Waals surface area contributed by atoms with E-state index in [9.17, 15) is 5.11 Å². The predicted octanol–water partition coefficient (Wildman–Crippen LogP) is 1.07. The summed E-state index contributed by atoms with van der Waals surface area (Å²) in [5, 5.41) is 23.0. The van der Waals surface area contributed by atoms with Crippen LogP contribution in [0.25, 0.3) is 0 Å². The van der Waals surface area contributed by atoms with Crippen molar-refractivity contribution in [1.29, 1.82) is 0 Å². The highest BCUT2D eigenvalue weighted by molar-refractivity contribution is 7.15. The van der Waals surface area contributed by atoms with Gasteiger partial charge in [-0.05, 0) is 25.7 Å². The highest BCUT2D eigenvalue weighted by Crippen LogP contribution is 2.37. The SMILES string of the molecule is CNc1nnc(CN2C3CCC2CC(O)C3)s1. The molecule has 2 N–H and O–H groups in total. The van der Waals surface area contributed by atoms with Gasteiger partial charge >= 0.3 is 0 Å². The number of anilines is 1. The molecule has 2 fully saturated rings. The zero-order valence-electron chi connectivity index (χ0n) is 9.96. The number of aliphatic hydroxyl groups is 1. The van der Waals surface area contributed by atoms with Gasteiger partial charge in [-0.1, -0.05) is 11.3 Å². The lowest BCUT2D eigenvalue weighted by Crippen LogP contribution is -2.44. The Balaban J connectivity index is 1.69. The van der Waals surface area contributed by atoms with Gasteiger partial charge in [-0.3, -0.25) is 4.90 Å². The Morgan fingerprint density at radius 1 is 1.35 bits per heavy atom. The third kappa shape index (κ3) is 2.17. The van der Waals surface area contributed by atoms with E-state index in [0.717, 1.165) is 29.5 Å². The van der Waals surface area contributed by atoms with Crippen molar-refractivity contribution in [2.75, 3.05) is 12.4 Å². The number of hydrogen-bond donors (Lipinski definition) is 2. The van der Waals surface area contributed by atoms with Crippen molar-refractivity contribution in [2.24, 2.45) is 0 Å². The van der Waals surface area contributed by atoms with Crippen LogP contribution >= 0.6 is 11.3 Å². The van der Waals surface area contributed by atoms with Crippen molar-refractivity contribution in [1.82, 2.24) is 15.1 Å². The molecule has 5 nitrogen and oxygen atoms in total. The molecule has 17 heavy (non-hydrogen) atoms. The number of piperidine rings is 1. The van der Waals surface area contributed by atoms with E-state index in [2.05, 4.69) is 20.4 Å². The second-order valence-electron chi connectivity index (χ2n) is 4.93. The van der Waals surface area contributed by atoms with E-state index >= 15 is 0 Å². The lowest BCUT2D eigenvalue weighted by atomic mass is 10.0. The fraction of sp³-hybridized carbons (Fsp3) is 0.818. The summed E-state index contributed by atoms with van der Waals surface area (Å²) in [5.74, 6) is 0. The van der Waals surface area contributed by atoms with E-state index in [-0.39, 0.29) is 6.10 Å². The van der Waals surface area contributed by atoms with Gasteiger partial charge in [0.2, 0.25) is 5.13 Å². The van der Waals surface area contributed by atoms with Gasteiger partial charge in [0, 0.05) is 19.1 Å². The normalized spacial score (nSPS) is 32.9. The van der Waals surface area contributed by atoms with Crippen LogP contribution in [0, 0.1) is 0 Å². The van der Waals surface area contributed by atoms with E-state index in [1.807, 2.05) is 7.05 Å². The highest BCUT2D eigenvalue weighted by Gasteiger charge is 2.40. The number of fused-ring (bicyclic) bond motifs is 2. The van der Waals surface area contributed by atoms with Gasteiger partial charge in [0.05, 0.1) is 12.6 Å². The van der Waals surface area contributed by atoms with Crippen LogP contribution in [0.2, 0.25) is 0 Å². The highest BCUT2D eigenvalue weighted by atomic mass is 32.1. The molecule has 94 valence electrons. The number of nitrogens with one attached hydrogen (secondary N) is 1. The molecule has 0 aromatic carbocycles. The van der Waals surface area contributed by atoms with E-state index in [1.165, 1.54) is 12.8 Å². The molecule has 0 aliphatic carbocycles. The third-order valence-corrected chi connectivity index (χ3v) is 4.78. The third-order valence-electron chi connectivity index (χ3n) is 3.86. The molecule has 2 saturated heterocycles. The molecule has 0 spiro atoms. The molecule has 6 heteroatoms. The van der Waals surface area contributed by atoms with Crippen LogP contribution in [0.4, 0.5) is 5.13 Å². The minimum absolute atomic E-state index is 0.0916. The van der Waals surface area contributed by atoms with Crippen LogP contribution < -0.4 is 5.32 Å². The largest absolute Gasteiger partial charge is 0.393 e. The van der Waals surface area contributed by atoms with Crippen LogP contribution in [-0.4, -0.2) is 45.4 Å². The molecule has 2 aliphatic heterocycles. The average Bonchev–Trinajstić information content (AvgIpc) is 2.85. The van der Waals surface area contributed by atoms with Crippen LogP contribution in [0.3, 0.4) is 0 Å². The number of nitrogens with zero attached hydrogens (tertiary/aromatic N) is 3. The molecule has 2 aliphatic rings. The van der Waals surface area contributed by atoms with Crippen molar-refractivity contribution >= 4 is 16.5 Å². The van der Waals surface area contributed by atoms with Crippen LogP contribution in [0.15, 0.2) is 0 Å². The van der Waals surface area contributed by atoms with Crippen molar-refractivity contribution in [3.05, 3.63) is 5.01 Å². The Morgan fingerprint density at radius 3 is 2.65 bits per heavy atom. The molecule has 1 aromatic rings. The molecular weight excluding hydrogens is 236 g/mol. The first-order valence-corrected chi connectivity index (χ1v) is 7.02. The molecule has 3 heterocycles. The zero-order chi connectivity index (χ0) is 11.8. The minimum atomic E-state index is -0.0916. The van der Waals surface area contributed by atoms with Gasteiger partial charge < -0.3 is 10.4 Å². The maximum Gasteiger partial charge on any atom is 0.205 e. The molecular formula is C11H18N4OS. The van der Waals surface area contributed by atoms with E-state index in [0.29, 0.717) is 12.1 Å². The van der Waals surface area contributed by atoms with Crippen molar-refractivity contribution < 1.29 is 5.11 Å². The summed E-state index contributed by atoms with van der Waals surface area (Å²) < 4.78 is 0. The summed E-state index contributed by atoms with van der Waals surface area (Å²) in [6.07, 6.45) is 4.20. The van der Waals surface area contributed by atoms with Crippen LogP contribution in [-0.2, 0) is 6.54 Å². The molecule has 2 atom stereocenters. The monoisotopic (exact) mass is 254 g/mol. The Morgan fingerprint density at radius 2 is 2.06 bits per heavy atom. The summed E-state index contributed by atoms with van der Waals surface area (Å²) in [6, 6.07) is 1.09. The molecule has 3 rings (SSSR count). The van der Waals surface area contributed by atoms with Crippen molar-refractivity contribution in [3.8, 4) is 0 Å². The summed E-state index contributed by atoms with van der Waals surface area (Å²) >= 11 is 1.62. The van der Waals surface area contributed by atoms with E-state index in [4.69, 9.17) is 0 Å². The minimum Gasteiger partial charge on any atom is -0.393 e. The quantitative estimate of drug-likeness (QED) is 0.845. The van der Waals surface area contributed by atoms with Crippen LogP contribution in [0.5, 0.6) is 0 Å². The average molecular weight is 254 g/mol. The Hall–Kier alpha value is -0.720. The summed E-state index contributed by atoms with van der Waals surface area (Å²) in [4.78, 5) is 2.51. The summed E-state index contributed by atoms with van der Waals surface area (Å²) in [6.45, 7) is 0.890. The lowest BCUT2D eigenvalue weighted by Gasteiger charge is -2.36. The fourth-order valence-corrected chi connectivity index (χ4v) is 3.78. The van der Waals surface area contributed by atoms with Gasteiger partial charge in [0.25, 0.3) is 0 Å². The number of hydrogen-bond acceptors (Lipinski definition) is 6. The van der Waals surface area contributed by atoms with Gasteiger partial charge in [0.15, 0.2) is 0 Å². The van der Waals surface area contributed by atoms with Crippen molar-refractivity contribution in [3.63, 3.8) is 0 Å².